The fourth-order valence-corrected chi connectivity index (χ4v) is 4.28. The van der Waals surface area contributed by atoms with Crippen molar-refractivity contribution in [3.63, 3.8) is 0 Å². The smallest absolute Gasteiger partial charge is 0.410 e. The molecule has 0 fully saturated rings. The second-order valence-corrected chi connectivity index (χ2v) is 8.55. The van der Waals surface area contributed by atoms with Gasteiger partial charge in [-0.1, -0.05) is 30.3 Å². The predicted molar refractivity (Wildman–Crippen MR) is 99.6 cm³/mol. The van der Waals surface area contributed by atoms with Crippen molar-refractivity contribution in [3.05, 3.63) is 46.8 Å². The zero-order chi connectivity index (χ0) is 17.3. The van der Waals surface area contributed by atoms with Crippen molar-refractivity contribution in [1.29, 1.82) is 0 Å². The molecule has 1 atom stereocenters. The molecule has 3 rings (SSSR count). The lowest BCUT2D eigenvalue weighted by Gasteiger charge is -2.32. The van der Waals surface area contributed by atoms with E-state index in [0.717, 1.165) is 19.3 Å². The van der Waals surface area contributed by atoms with Gasteiger partial charge in [0, 0.05) is 22.8 Å². The van der Waals surface area contributed by atoms with Crippen molar-refractivity contribution in [3.8, 4) is 10.4 Å². The molecule has 1 aliphatic rings. The predicted octanol–water partition coefficient (Wildman–Crippen LogP) is 5.14. The molecule has 1 amide bonds. The monoisotopic (exact) mass is 343 g/mol. The van der Waals surface area contributed by atoms with Crippen LogP contribution in [-0.4, -0.2) is 29.7 Å². The number of aryl methyl sites for hydroxylation is 1. The molecule has 128 valence electrons. The van der Waals surface area contributed by atoms with E-state index in [1.54, 1.807) is 4.90 Å². The van der Waals surface area contributed by atoms with Crippen molar-refractivity contribution in [2.45, 2.75) is 51.7 Å². The van der Waals surface area contributed by atoms with Crippen LogP contribution in [0.4, 0.5) is 4.79 Å². The molecule has 0 saturated heterocycles. The Morgan fingerprint density at radius 1 is 1.25 bits per heavy atom. The summed E-state index contributed by atoms with van der Waals surface area (Å²) < 4.78 is 5.50. The number of benzene rings is 1. The molecule has 1 aliphatic carbocycles. The molecule has 0 bridgehead atoms. The van der Waals surface area contributed by atoms with E-state index in [1.807, 2.05) is 45.2 Å². The quantitative estimate of drug-likeness (QED) is 0.755. The van der Waals surface area contributed by atoms with Gasteiger partial charge in [0.1, 0.15) is 5.60 Å². The summed E-state index contributed by atoms with van der Waals surface area (Å²) in [5.74, 6) is 0. The minimum atomic E-state index is -0.450. The van der Waals surface area contributed by atoms with E-state index < -0.39 is 5.60 Å². The van der Waals surface area contributed by atoms with Gasteiger partial charge in [-0.05, 0) is 57.2 Å². The van der Waals surface area contributed by atoms with Gasteiger partial charge in [0.15, 0.2) is 0 Å². The topological polar surface area (TPSA) is 29.5 Å². The maximum atomic E-state index is 12.3. The number of carbonyl (C=O) groups excluding carboxylic acids is 1. The Labute approximate surface area is 148 Å². The van der Waals surface area contributed by atoms with E-state index in [4.69, 9.17) is 4.74 Å². The third-order valence-electron chi connectivity index (χ3n) is 4.34. The van der Waals surface area contributed by atoms with Gasteiger partial charge in [0.25, 0.3) is 0 Å². The van der Waals surface area contributed by atoms with Crippen LogP contribution < -0.4 is 0 Å². The van der Waals surface area contributed by atoms with Crippen LogP contribution in [0.1, 0.15) is 37.6 Å². The number of rotatable bonds is 2. The van der Waals surface area contributed by atoms with Crippen molar-refractivity contribution in [2.75, 3.05) is 7.05 Å². The van der Waals surface area contributed by atoms with Gasteiger partial charge in [0.05, 0.1) is 0 Å². The largest absolute Gasteiger partial charge is 0.444 e. The van der Waals surface area contributed by atoms with E-state index in [2.05, 4.69) is 30.3 Å². The van der Waals surface area contributed by atoms with Crippen molar-refractivity contribution < 1.29 is 9.53 Å². The Kier molecular flexibility index (Phi) is 4.68. The van der Waals surface area contributed by atoms with Gasteiger partial charge < -0.3 is 9.64 Å². The SMILES string of the molecule is CN(C(=O)OC(C)(C)C)C1CCc2sc(-c3ccccc3)cc2C1. The minimum Gasteiger partial charge on any atom is -0.444 e. The van der Waals surface area contributed by atoms with Crippen LogP contribution in [0.15, 0.2) is 36.4 Å². The molecule has 0 saturated carbocycles. The number of carbonyl (C=O) groups is 1. The lowest BCUT2D eigenvalue weighted by Crippen LogP contribution is -2.43. The van der Waals surface area contributed by atoms with Crippen LogP contribution in [0.25, 0.3) is 10.4 Å². The van der Waals surface area contributed by atoms with Crippen molar-refractivity contribution in [1.82, 2.24) is 4.90 Å². The number of ether oxygens (including phenoxy) is 1. The third-order valence-corrected chi connectivity index (χ3v) is 5.63. The molecule has 0 spiro atoms. The molecule has 24 heavy (non-hydrogen) atoms. The van der Waals surface area contributed by atoms with Gasteiger partial charge in [-0.15, -0.1) is 11.3 Å². The summed E-state index contributed by atoms with van der Waals surface area (Å²) in [6.45, 7) is 5.72. The normalized spacial score (nSPS) is 17.2. The Morgan fingerprint density at radius 3 is 2.62 bits per heavy atom. The van der Waals surface area contributed by atoms with E-state index >= 15 is 0 Å². The number of thiophene rings is 1. The molecular formula is C20H25NO2S. The number of amides is 1. The van der Waals surface area contributed by atoms with E-state index in [1.165, 1.54) is 20.9 Å². The average Bonchev–Trinajstić information content (AvgIpc) is 2.96. The van der Waals surface area contributed by atoms with Crippen LogP contribution in [0.5, 0.6) is 0 Å². The highest BCUT2D eigenvalue weighted by atomic mass is 32.1. The molecule has 1 aromatic heterocycles. The summed E-state index contributed by atoms with van der Waals surface area (Å²) >= 11 is 1.89. The molecular weight excluding hydrogens is 318 g/mol. The fraction of sp³-hybridized carbons (Fsp3) is 0.450. The van der Waals surface area contributed by atoms with Crippen molar-refractivity contribution in [2.24, 2.45) is 0 Å². The molecule has 1 unspecified atom stereocenters. The lowest BCUT2D eigenvalue weighted by atomic mass is 9.93. The number of nitrogens with zero attached hydrogens (tertiary/aromatic N) is 1. The molecule has 2 aromatic rings. The zero-order valence-electron chi connectivity index (χ0n) is 14.8. The van der Waals surface area contributed by atoms with Crippen LogP contribution >= 0.6 is 11.3 Å². The Balaban J connectivity index is 1.73. The highest BCUT2D eigenvalue weighted by Gasteiger charge is 2.29. The number of hydrogen-bond donors (Lipinski definition) is 0. The zero-order valence-corrected chi connectivity index (χ0v) is 15.7. The maximum absolute atomic E-state index is 12.3. The highest BCUT2D eigenvalue weighted by Crippen LogP contribution is 2.36. The third kappa shape index (κ3) is 3.81. The average molecular weight is 343 g/mol. The lowest BCUT2D eigenvalue weighted by molar-refractivity contribution is 0.0210. The molecule has 1 aromatic carbocycles. The maximum Gasteiger partial charge on any atom is 0.410 e. The van der Waals surface area contributed by atoms with Crippen LogP contribution in [-0.2, 0) is 17.6 Å². The first-order valence-corrected chi connectivity index (χ1v) is 9.28. The van der Waals surface area contributed by atoms with E-state index in [9.17, 15) is 4.79 Å². The molecule has 0 radical (unpaired) electrons. The number of hydrogen-bond acceptors (Lipinski definition) is 3. The van der Waals surface area contributed by atoms with E-state index in [0.29, 0.717) is 0 Å². The number of likely N-dealkylation sites (N-methyl/N-ethyl adjacent to an activating group) is 1. The minimum absolute atomic E-state index is 0.213. The summed E-state index contributed by atoms with van der Waals surface area (Å²) in [4.78, 5) is 16.9. The summed E-state index contributed by atoms with van der Waals surface area (Å²) in [6, 6.07) is 13.0. The summed E-state index contributed by atoms with van der Waals surface area (Å²) in [7, 11) is 1.86. The van der Waals surface area contributed by atoms with Gasteiger partial charge in [0.2, 0.25) is 0 Å². The second-order valence-electron chi connectivity index (χ2n) is 7.41. The van der Waals surface area contributed by atoms with Crippen molar-refractivity contribution >= 4 is 17.4 Å². The van der Waals surface area contributed by atoms with Gasteiger partial charge >= 0.3 is 6.09 Å². The van der Waals surface area contributed by atoms with Crippen LogP contribution in [0, 0.1) is 0 Å². The van der Waals surface area contributed by atoms with Gasteiger partial charge in [-0.2, -0.15) is 0 Å². The fourth-order valence-electron chi connectivity index (χ4n) is 3.06. The standard InChI is InChI=1S/C20H25NO2S/c1-20(2,3)23-19(22)21(4)16-10-11-17-15(12-16)13-18(24-17)14-8-6-5-7-9-14/h5-9,13,16H,10-12H2,1-4H3. The van der Waals surface area contributed by atoms with Crippen LogP contribution in [0.3, 0.4) is 0 Å². The Hall–Kier alpha value is -1.81. The van der Waals surface area contributed by atoms with Gasteiger partial charge in [-0.3, -0.25) is 0 Å². The summed E-state index contributed by atoms with van der Waals surface area (Å²) in [5.41, 5.74) is 2.20. The first kappa shape index (κ1) is 17.0. The summed E-state index contributed by atoms with van der Waals surface area (Å²) in [5, 5.41) is 0. The molecule has 1 heterocycles. The molecule has 0 aliphatic heterocycles. The first-order chi connectivity index (χ1) is 11.3. The number of fused-ring (bicyclic) bond motifs is 1. The summed E-state index contributed by atoms with van der Waals surface area (Å²) in [6.07, 6.45) is 2.71. The molecule has 4 heteroatoms. The van der Waals surface area contributed by atoms with E-state index in [-0.39, 0.29) is 12.1 Å². The molecule has 3 nitrogen and oxygen atoms in total. The van der Waals surface area contributed by atoms with Crippen LogP contribution in [0.2, 0.25) is 0 Å². The highest BCUT2D eigenvalue weighted by molar-refractivity contribution is 7.15. The Bertz CT molecular complexity index is 715. The van der Waals surface area contributed by atoms with Gasteiger partial charge in [-0.25, -0.2) is 4.79 Å². The molecule has 0 N–H and O–H groups in total. The first-order valence-electron chi connectivity index (χ1n) is 8.46. The second kappa shape index (κ2) is 6.60. The Morgan fingerprint density at radius 2 is 1.96 bits per heavy atom.